The highest BCUT2D eigenvalue weighted by Gasteiger charge is 2.13. The Morgan fingerprint density at radius 1 is 1.29 bits per heavy atom. The molecule has 0 N–H and O–H groups in total. The predicted molar refractivity (Wildman–Crippen MR) is 72.6 cm³/mol. The van der Waals surface area contributed by atoms with Crippen molar-refractivity contribution in [2.75, 3.05) is 0 Å². The van der Waals surface area contributed by atoms with Crippen LogP contribution in [0.1, 0.15) is 20.8 Å². The van der Waals surface area contributed by atoms with E-state index in [1.807, 2.05) is 32.9 Å². The van der Waals surface area contributed by atoms with Gasteiger partial charge in [0.25, 0.3) is 0 Å². The summed E-state index contributed by atoms with van der Waals surface area (Å²) in [6.45, 7) is 6.01. The zero-order valence-electron chi connectivity index (χ0n) is 9.79. The minimum absolute atomic E-state index is 0.236. The second-order valence-electron chi connectivity index (χ2n) is 4.70. The van der Waals surface area contributed by atoms with Crippen molar-refractivity contribution in [3.8, 4) is 5.75 Å². The van der Waals surface area contributed by atoms with E-state index in [1.165, 1.54) is 0 Å². The van der Waals surface area contributed by atoms with E-state index in [2.05, 4.69) is 25.9 Å². The van der Waals surface area contributed by atoms with Crippen LogP contribution in [-0.4, -0.2) is 15.6 Å². The van der Waals surface area contributed by atoms with Gasteiger partial charge in [-0.1, -0.05) is 0 Å². The average molecular weight is 316 g/mol. The lowest BCUT2D eigenvalue weighted by Gasteiger charge is -2.21. The highest BCUT2D eigenvalue weighted by atomic mass is 79.9. The zero-order chi connectivity index (χ0) is 12.6. The second-order valence-corrected chi connectivity index (χ2v) is 5.89. The molecule has 90 valence electrons. The van der Waals surface area contributed by atoms with E-state index < -0.39 is 0 Å². The molecule has 0 bridgehead atoms. The van der Waals surface area contributed by atoms with Crippen LogP contribution in [-0.2, 0) is 0 Å². The Balaban J connectivity index is 2.52. The van der Waals surface area contributed by atoms with Crippen LogP contribution in [0.25, 0.3) is 10.9 Å². The van der Waals surface area contributed by atoms with Gasteiger partial charge < -0.3 is 4.74 Å². The fourth-order valence-corrected chi connectivity index (χ4v) is 2.14. The molecule has 0 radical (unpaired) electrons. The largest absolute Gasteiger partial charge is 0.488 e. The molecular formula is C12H12BrClN2O. The molecule has 0 spiro atoms. The normalized spacial score (nSPS) is 11.8. The third-order valence-electron chi connectivity index (χ3n) is 2.00. The Morgan fingerprint density at radius 2 is 2.00 bits per heavy atom. The SMILES string of the molecule is CC(C)(C)Oc1cc(Br)c2nc(Cl)ncc2c1. The van der Waals surface area contributed by atoms with Gasteiger partial charge in [-0.25, -0.2) is 9.97 Å². The number of rotatable bonds is 1. The Bertz CT molecular complexity index is 566. The molecule has 3 nitrogen and oxygen atoms in total. The van der Waals surface area contributed by atoms with Gasteiger partial charge in [-0.05, 0) is 60.4 Å². The third kappa shape index (κ3) is 3.07. The van der Waals surface area contributed by atoms with E-state index in [-0.39, 0.29) is 10.9 Å². The summed E-state index contributed by atoms with van der Waals surface area (Å²) in [5, 5.41) is 1.13. The molecule has 5 heteroatoms. The number of nitrogens with zero attached hydrogens (tertiary/aromatic N) is 2. The molecule has 0 saturated carbocycles. The topological polar surface area (TPSA) is 35.0 Å². The maximum Gasteiger partial charge on any atom is 0.222 e. The van der Waals surface area contributed by atoms with Crippen molar-refractivity contribution in [3.63, 3.8) is 0 Å². The van der Waals surface area contributed by atoms with Crippen molar-refractivity contribution >= 4 is 38.4 Å². The van der Waals surface area contributed by atoms with E-state index in [0.717, 1.165) is 21.1 Å². The van der Waals surface area contributed by atoms with Crippen molar-refractivity contribution in [2.45, 2.75) is 26.4 Å². The molecule has 1 aromatic carbocycles. The third-order valence-corrected chi connectivity index (χ3v) is 2.79. The van der Waals surface area contributed by atoms with Gasteiger partial charge in [-0.3, -0.25) is 0 Å². The molecule has 0 amide bonds. The van der Waals surface area contributed by atoms with Gasteiger partial charge in [-0.15, -0.1) is 0 Å². The summed E-state index contributed by atoms with van der Waals surface area (Å²) >= 11 is 9.22. The fraction of sp³-hybridized carbons (Fsp3) is 0.333. The molecule has 17 heavy (non-hydrogen) atoms. The first kappa shape index (κ1) is 12.6. The van der Waals surface area contributed by atoms with E-state index >= 15 is 0 Å². The maximum absolute atomic E-state index is 5.80. The number of ether oxygens (including phenoxy) is 1. The summed E-state index contributed by atoms with van der Waals surface area (Å²) in [4.78, 5) is 8.13. The van der Waals surface area contributed by atoms with Crippen molar-refractivity contribution in [1.29, 1.82) is 0 Å². The lowest BCUT2D eigenvalue weighted by molar-refractivity contribution is 0.131. The Hall–Kier alpha value is -0.870. The standard InChI is InChI=1S/C12H12BrClN2O/c1-12(2,3)17-8-4-7-6-15-11(14)16-10(7)9(13)5-8/h4-6H,1-3H3. The van der Waals surface area contributed by atoms with Crippen LogP contribution in [0, 0.1) is 0 Å². The zero-order valence-corrected chi connectivity index (χ0v) is 12.1. The number of hydrogen-bond donors (Lipinski definition) is 0. The number of hydrogen-bond acceptors (Lipinski definition) is 3. The fourth-order valence-electron chi connectivity index (χ4n) is 1.47. The first-order valence-corrected chi connectivity index (χ1v) is 6.33. The van der Waals surface area contributed by atoms with Crippen molar-refractivity contribution in [3.05, 3.63) is 28.1 Å². The van der Waals surface area contributed by atoms with Crippen LogP contribution >= 0.6 is 27.5 Å². The smallest absolute Gasteiger partial charge is 0.222 e. The highest BCUT2D eigenvalue weighted by Crippen LogP contribution is 2.30. The predicted octanol–water partition coefficient (Wildman–Crippen LogP) is 4.22. The lowest BCUT2D eigenvalue weighted by Crippen LogP contribution is -2.22. The van der Waals surface area contributed by atoms with Gasteiger partial charge >= 0.3 is 0 Å². The first-order chi connectivity index (χ1) is 7.85. The summed E-state index contributed by atoms with van der Waals surface area (Å²) in [6, 6.07) is 3.79. The maximum atomic E-state index is 5.80. The number of benzene rings is 1. The minimum Gasteiger partial charge on any atom is -0.488 e. The monoisotopic (exact) mass is 314 g/mol. The summed E-state index contributed by atoms with van der Waals surface area (Å²) in [5.41, 5.74) is 0.548. The summed E-state index contributed by atoms with van der Waals surface area (Å²) in [7, 11) is 0. The van der Waals surface area contributed by atoms with Gasteiger partial charge in [0, 0.05) is 16.1 Å². The van der Waals surface area contributed by atoms with Crippen LogP contribution in [0.3, 0.4) is 0 Å². The minimum atomic E-state index is -0.236. The van der Waals surface area contributed by atoms with Crippen molar-refractivity contribution in [2.24, 2.45) is 0 Å². The molecule has 2 rings (SSSR count). The van der Waals surface area contributed by atoms with E-state index in [0.29, 0.717) is 0 Å². The van der Waals surface area contributed by atoms with Gasteiger partial charge in [0.2, 0.25) is 5.28 Å². The van der Waals surface area contributed by atoms with Crippen LogP contribution in [0.4, 0.5) is 0 Å². The lowest BCUT2D eigenvalue weighted by atomic mass is 10.2. The molecule has 1 heterocycles. The molecule has 0 atom stereocenters. The van der Waals surface area contributed by atoms with E-state index in [9.17, 15) is 0 Å². The molecule has 0 fully saturated rings. The van der Waals surface area contributed by atoms with Gasteiger partial charge in [0.05, 0.1) is 5.52 Å². The first-order valence-electron chi connectivity index (χ1n) is 5.16. The average Bonchev–Trinajstić information content (AvgIpc) is 2.17. The number of aromatic nitrogens is 2. The van der Waals surface area contributed by atoms with Gasteiger partial charge in [-0.2, -0.15) is 0 Å². The Morgan fingerprint density at radius 3 is 2.65 bits per heavy atom. The Labute approximate surface area is 113 Å². The molecule has 0 aliphatic heterocycles. The van der Waals surface area contributed by atoms with Crippen LogP contribution in [0.2, 0.25) is 5.28 Å². The van der Waals surface area contributed by atoms with Crippen LogP contribution in [0.5, 0.6) is 5.75 Å². The summed E-state index contributed by atoms with van der Waals surface area (Å²) in [6.07, 6.45) is 1.69. The number of fused-ring (bicyclic) bond motifs is 1. The second kappa shape index (κ2) is 4.42. The molecule has 1 aromatic heterocycles. The van der Waals surface area contributed by atoms with Crippen molar-refractivity contribution < 1.29 is 4.74 Å². The number of halogens is 2. The van der Waals surface area contributed by atoms with Crippen LogP contribution in [0.15, 0.2) is 22.8 Å². The molecular weight excluding hydrogens is 304 g/mol. The molecule has 0 aliphatic rings. The van der Waals surface area contributed by atoms with E-state index in [1.54, 1.807) is 6.20 Å². The molecule has 0 saturated heterocycles. The van der Waals surface area contributed by atoms with Crippen molar-refractivity contribution in [1.82, 2.24) is 9.97 Å². The van der Waals surface area contributed by atoms with Gasteiger partial charge in [0.1, 0.15) is 11.4 Å². The molecule has 0 unspecified atom stereocenters. The van der Waals surface area contributed by atoms with E-state index in [4.69, 9.17) is 16.3 Å². The quantitative estimate of drug-likeness (QED) is 0.739. The molecule has 2 aromatic rings. The summed E-state index contributed by atoms with van der Waals surface area (Å²) in [5.74, 6) is 0.780. The highest BCUT2D eigenvalue weighted by molar-refractivity contribution is 9.10. The molecule has 0 aliphatic carbocycles. The van der Waals surface area contributed by atoms with Crippen LogP contribution < -0.4 is 4.74 Å². The Kier molecular flexibility index (Phi) is 3.27. The van der Waals surface area contributed by atoms with Gasteiger partial charge in [0.15, 0.2) is 0 Å². The summed E-state index contributed by atoms with van der Waals surface area (Å²) < 4.78 is 6.65.